The van der Waals surface area contributed by atoms with E-state index in [1.54, 1.807) is 12.3 Å². The minimum absolute atomic E-state index is 0.0114. The van der Waals surface area contributed by atoms with E-state index >= 15 is 0 Å². The second kappa shape index (κ2) is 6.90. The Bertz CT molecular complexity index is 547. The average molecular weight is 301 g/mol. The minimum Gasteiger partial charge on any atom is -0.349 e. The van der Waals surface area contributed by atoms with Gasteiger partial charge in [0.05, 0.1) is 11.1 Å². The molecule has 1 aliphatic heterocycles. The number of pyridine rings is 1. The van der Waals surface area contributed by atoms with Gasteiger partial charge < -0.3 is 10.2 Å². The Morgan fingerprint density at radius 2 is 1.68 bits per heavy atom. The van der Waals surface area contributed by atoms with Gasteiger partial charge in [-0.2, -0.15) is 0 Å². The standard InChI is InChI=1S/C17H23N3O2/c21-16(19-15-6-2-3-7-15)13-10-14(12-18-11-13)17(22)20-8-4-1-5-9-20/h10-12,15H,1-9H2,(H,19,21). The van der Waals surface area contributed by atoms with E-state index in [9.17, 15) is 9.59 Å². The Labute approximate surface area is 131 Å². The molecular weight excluding hydrogens is 278 g/mol. The summed E-state index contributed by atoms with van der Waals surface area (Å²) in [4.78, 5) is 30.7. The molecule has 2 fully saturated rings. The van der Waals surface area contributed by atoms with E-state index in [-0.39, 0.29) is 17.9 Å². The van der Waals surface area contributed by atoms with Crippen molar-refractivity contribution in [2.45, 2.75) is 51.0 Å². The highest BCUT2D eigenvalue weighted by Gasteiger charge is 2.21. The van der Waals surface area contributed by atoms with Crippen molar-refractivity contribution in [3.63, 3.8) is 0 Å². The Morgan fingerprint density at radius 1 is 1.00 bits per heavy atom. The number of carbonyl (C=O) groups excluding carboxylic acids is 2. The zero-order chi connectivity index (χ0) is 15.4. The maximum Gasteiger partial charge on any atom is 0.255 e. The lowest BCUT2D eigenvalue weighted by molar-refractivity contribution is 0.0724. The predicted octanol–water partition coefficient (Wildman–Crippen LogP) is 2.38. The van der Waals surface area contributed by atoms with Crippen molar-refractivity contribution >= 4 is 11.8 Å². The lowest BCUT2D eigenvalue weighted by Crippen LogP contribution is -2.36. The van der Waals surface area contributed by atoms with Crippen LogP contribution in [0.15, 0.2) is 18.5 Å². The van der Waals surface area contributed by atoms with Gasteiger partial charge >= 0.3 is 0 Å². The summed E-state index contributed by atoms with van der Waals surface area (Å²) in [6.07, 6.45) is 10.8. The van der Waals surface area contributed by atoms with Gasteiger partial charge in [-0.1, -0.05) is 12.8 Å². The van der Waals surface area contributed by atoms with Gasteiger partial charge in [0.1, 0.15) is 0 Å². The second-order valence-corrected chi connectivity index (χ2v) is 6.27. The van der Waals surface area contributed by atoms with E-state index < -0.39 is 0 Å². The molecule has 0 spiro atoms. The van der Waals surface area contributed by atoms with E-state index in [0.29, 0.717) is 11.1 Å². The third kappa shape index (κ3) is 3.46. The Kier molecular flexibility index (Phi) is 4.71. The minimum atomic E-state index is -0.118. The molecular formula is C17H23N3O2. The van der Waals surface area contributed by atoms with Gasteiger partial charge in [-0.05, 0) is 38.2 Å². The van der Waals surface area contributed by atoms with E-state index in [2.05, 4.69) is 10.3 Å². The van der Waals surface area contributed by atoms with Gasteiger partial charge in [-0.25, -0.2) is 0 Å². The highest BCUT2D eigenvalue weighted by atomic mass is 16.2. The van der Waals surface area contributed by atoms with Gasteiger partial charge in [0.25, 0.3) is 11.8 Å². The number of nitrogens with one attached hydrogen (secondary N) is 1. The first-order valence-electron chi connectivity index (χ1n) is 8.29. The summed E-state index contributed by atoms with van der Waals surface area (Å²) in [7, 11) is 0. The Balaban J connectivity index is 1.68. The van der Waals surface area contributed by atoms with Crippen molar-refractivity contribution in [3.8, 4) is 0 Å². The molecule has 2 heterocycles. The summed E-state index contributed by atoms with van der Waals surface area (Å²) in [5, 5.41) is 3.04. The molecule has 5 nitrogen and oxygen atoms in total. The summed E-state index contributed by atoms with van der Waals surface area (Å²) in [5.74, 6) is -0.129. The van der Waals surface area contributed by atoms with Gasteiger partial charge in [-0.3, -0.25) is 14.6 Å². The molecule has 1 N–H and O–H groups in total. The van der Waals surface area contributed by atoms with Crippen LogP contribution in [0.1, 0.15) is 65.7 Å². The molecule has 0 bridgehead atoms. The Hall–Kier alpha value is -1.91. The van der Waals surface area contributed by atoms with Crippen LogP contribution in [-0.4, -0.2) is 40.8 Å². The van der Waals surface area contributed by atoms with E-state index in [0.717, 1.165) is 38.8 Å². The summed E-state index contributed by atoms with van der Waals surface area (Å²) in [5.41, 5.74) is 0.996. The molecule has 1 aromatic heterocycles. The van der Waals surface area contributed by atoms with Crippen molar-refractivity contribution in [1.82, 2.24) is 15.2 Å². The highest BCUT2D eigenvalue weighted by Crippen LogP contribution is 2.18. The van der Waals surface area contributed by atoms with Gasteiger partial charge in [0.2, 0.25) is 0 Å². The molecule has 0 atom stereocenters. The highest BCUT2D eigenvalue weighted by molar-refractivity contribution is 5.99. The number of hydrogen-bond donors (Lipinski definition) is 1. The van der Waals surface area contributed by atoms with Crippen LogP contribution in [0, 0.1) is 0 Å². The first kappa shape index (κ1) is 15.0. The van der Waals surface area contributed by atoms with E-state index in [1.165, 1.54) is 25.5 Å². The van der Waals surface area contributed by atoms with Crippen LogP contribution in [-0.2, 0) is 0 Å². The largest absolute Gasteiger partial charge is 0.349 e. The molecule has 3 rings (SSSR count). The lowest BCUT2D eigenvalue weighted by atomic mass is 10.1. The first-order chi connectivity index (χ1) is 10.7. The molecule has 1 saturated carbocycles. The monoisotopic (exact) mass is 301 g/mol. The van der Waals surface area contributed by atoms with Crippen LogP contribution >= 0.6 is 0 Å². The average Bonchev–Trinajstić information content (AvgIpc) is 3.08. The number of likely N-dealkylation sites (tertiary alicyclic amines) is 1. The lowest BCUT2D eigenvalue weighted by Gasteiger charge is -2.26. The molecule has 22 heavy (non-hydrogen) atoms. The summed E-state index contributed by atoms with van der Waals surface area (Å²) >= 11 is 0. The normalized spacial score (nSPS) is 19.2. The quantitative estimate of drug-likeness (QED) is 0.932. The molecule has 2 amide bonds. The number of hydrogen-bond acceptors (Lipinski definition) is 3. The third-order valence-electron chi connectivity index (χ3n) is 4.58. The number of nitrogens with zero attached hydrogens (tertiary/aromatic N) is 2. The first-order valence-corrected chi connectivity index (χ1v) is 8.29. The molecule has 5 heteroatoms. The number of amides is 2. The maximum absolute atomic E-state index is 12.5. The molecule has 1 aliphatic carbocycles. The fourth-order valence-electron chi connectivity index (χ4n) is 3.30. The molecule has 0 radical (unpaired) electrons. The molecule has 1 saturated heterocycles. The van der Waals surface area contributed by atoms with Crippen molar-refractivity contribution in [3.05, 3.63) is 29.6 Å². The van der Waals surface area contributed by atoms with Crippen molar-refractivity contribution in [1.29, 1.82) is 0 Å². The fraction of sp³-hybridized carbons (Fsp3) is 0.588. The van der Waals surface area contributed by atoms with Crippen LogP contribution in [0.5, 0.6) is 0 Å². The maximum atomic E-state index is 12.5. The van der Waals surface area contributed by atoms with Crippen LogP contribution < -0.4 is 5.32 Å². The van der Waals surface area contributed by atoms with E-state index in [4.69, 9.17) is 0 Å². The SMILES string of the molecule is O=C(NC1CCCC1)c1cncc(C(=O)N2CCCCC2)c1. The second-order valence-electron chi connectivity index (χ2n) is 6.27. The predicted molar refractivity (Wildman–Crippen MR) is 83.7 cm³/mol. The Morgan fingerprint density at radius 3 is 2.41 bits per heavy atom. The summed E-state index contributed by atoms with van der Waals surface area (Å²) in [6, 6.07) is 1.95. The third-order valence-corrected chi connectivity index (χ3v) is 4.58. The zero-order valence-electron chi connectivity index (χ0n) is 12.9. The summed E-state index contributed by atoms with van der Waals surface area (Å²) in [6.45, 7) is 1.61. The van der Waals surface area contributed by atoms with Gasteiger partial charge in [0.15, 0.2) is 0 Å². The van der Waals surface area contributed by atoms with Crippen LogP contribution in [0.25, 0.3) is 0 Å². The fourth-order valence-corrected chi connectivity index (χ4v) is 3.30. The molecule has 118 valence electrons. The molecule has 1 aromatic rings. The van der Waals surface area contributed by atoms with Crippen LogP contribution in [0.3, 0.4) is 0 Å². The molecule has 0 aromatic carbocycles. The van der Waals surface area contributed by atoms with Crippen LogP contribution in [0.4, 0.5) is 0 Å². The number of aromatic nitrogens is 1. The summed E-state index contributed by atoms with van der Waals surface area (Å²) < 4.78 is 0. The number of rotatable bonds is 3. The number of piperidine rings is 1. The van der Waals surface area contributed by atoms with Crippen molar-refractivity contribution in [2.75, 3.05) is 13.1 Å². The van der Waals surface area contributed by atoms with Gasteiger partial charge in [0, 0.05) is 31.5 Å². The molecule has 0 unspecified atom stereocenters. The van der Waals surface area contributed by atoms with Crippen molar-refractivity contribution in [2.24, 2.45) is 0 Å². The van der Waals surface area contributed by atoms with E-state index in [1.807, 2.05) is 4.90 Å². The topological polar surface area (TPSA) is 62.3 Å². The van der Waals surface area contributed by atoms with Crippen molar-refractivity contribution < 1.29 is 9.59 Å². The number of carbonyl (C=O) groups is 2. The molecule has 2 aliphatic rings. The van der Waals surface area contributed by atoms with Crippen LogP contribution in [0.2, 0.25) is 0 Å². The smallest absolute Gasteiger partial charge is 0.255 e. The van der Waals surface area contributed by atoms with Gasteiger partial charge in [-0.15, -0.1) is 0 Å². The zero-order valence-corrected chi connectivity index (χ0v) is 12.9.